The molecule has 3 aromatic heterocycles. The molecule has 0 amide bonds. The molecule has 7 heteroatoms. The third-order valence-corrected chi connectivity index (χ3v) is 13.2. The molecular weight excluding hydrogens is 1030 g/mol. The van der Waals surface area contributed by atoms with Crippen LogP contribution in [0, 0.1) is 0 Å². The number of aromatic nitrogens is 3. The fourth-order valence-electron chi connectivity index (χ4n) is 9.13. The molecule has 342 valence electrons. The first kappa shape index (κ1) is 50.1. The molecule has 0 atom stereocenters. The van der Waals surface area contributed by atoms with E-state index in [1.54, 1.807) is 20.8 Å². The number of aromatic amines is 1. The minimum Gasteiger partial charge on any atom is -0.850 e. The number of H-pyrrole nitrogens is 1. The summed E-state index contributed by atoms with van der Waals surface area (Å²) in [4.78, 5) is 3.38. The molecule has 0 radical (unpaired) electrons. The van der Waals surface area contributed by atoms with Gasteiger partial charge in [-0.1, -0.05) is 210 Å². The van der Waals surface area contributed by atoms with E-state index in [-0.39, 0.29) is 51.4 Å². The van der Waals surface area contributed by atoms with Crippen molar-refractivity contribution in [2.45, 2.75) is 26.4 Å². The van der Waals surface area contributed by atoms with Gasteiger partial charge in [0, 0.05) is 63.7 Å². The molecule has 0 aliphatic rings. The van der Waals surface area contributed by atoms with Gasteiger partial charge in [-0.05, 0) is 107 Å². The number of benzene rings is 10. The second-order valence-corrected chi connectivity index (χ2v) is 20.0. The minimum atomic E-state index is -0.750. The van der Waals surface area contributed by atoms with Crippen LogP contribution in [0.4, 0.5) is 0 Å². The second kappa shape index (κ2) is 22.3. The van der Waals surface area contributed by atoms with E-state index in [4.69, 9.17) is 0 Å². The topological polar surface area (TPSA) is 48.7 Å². The van der Waals surface area contributed by atoms with Gasteiger partial charge >= 0.3 is 51.4 Å². The molecule has 13 aromatic rings. The molecule has 4 nitrogen and oxygen atoms in total. The molecule has 0 unspecified atom stereocenters. The van der Waals surface area contributed by atoms with Crippen molar-refractivity contribution in [2.24, 2.45) is 0 Å². The Bertz CT molecular complexity index is 3560. The van der Waals surface area contributed by atoms with Crippen LogP contribution in [0.5, 0.6) is 0 Å². The summed E-state index contributed by atoms with van der Waals surface area (Å²) in [7, 11) is 0. The summed E-state index contributed by atoms with van der Waals surface area (Å²) in [6.07, 6.45) is 0. The first-order chi connectivity index (χ1) is 34.1. The van der Waals surface area contributed by atoms with Crippen LogP contribution in [0.15, 0.2) is 252 Å². The van der Waals surface area contributed by atoms with Gasteiger partial charge in [-0.25, -0.2) is 0 Å². The van der Waals surface area contributed by atoms with Crippen LogP contribution in [-0.4, -0.2) is 19.7 Å². The number of halogens is 2. The average Bonchev–Trinajstić information content (AvgIpc) is 4.05. The summed E-state index contributed by atoms with van der Waals surface area (Å²) in [5.41, 5.74) is 13.8. The van der Waals surface area contributed by atoms with Crippen molar-refractivity contribution in [2.75, 3.05) is 0 Å². The predicted molar refractivity (Wildman–Crippen MR) is 303 cm³/mol. The average molecular weight is 1080 g/mol. The monoisotopic (exact) mass is 1070 g/mol. The summed E-state index contributed by atoms with van der Waals surface area (Å²) in [5.74, 6) is 0. The molecule has 0 saturated heterocycles. The van der Waals surface area contributed by atoms with Crippen molar-refractivity contribution in [3.05, 3.63) is 252 Å². The first-order valence-electron chi connectivity index (χ1n) is 23.4. The van der Waals surface area contributed by atoms with Gasteiger partial charge in [0.15, 0.2) is 0 Å². The van der Waals surface area contributed by atoms with Crippen molar-refractivity contribution in [3.8, 4) is 33.6 Å². The Balaban J connectivity index is 0.000000154. The zero-order valence-electron chi connectivity index (χ0n) is 40.2. The smallest absolute Gasteiger partial charge is 0.850 e. The fourth-order valence-corrected chi connectivity index (χ4v) is 9.66. The molecule has 1 N–H and O–H groups in total. The van der Waals surface area contributed by atoms with Crippen molar-refractivity contribution in [3.63, 3.8) is 0 Å². The Morgan fingerprint density at radius 3 is 0.944 bits per heavy atom. The number of nitrogens with one attached hydrogen (secondary N) is 1. The van der Waals surface area contributed by atoms with Crippen molar-refractivity contribution in [1.82, 2.24) is 14.1 Å². The molecule has 0 fully saturated rings. The zero-order valence-corrected chi connectivity index (χ0v) is 46.4. The zero-order chi connectivity index (χ0) is 48.2. The van der Waals surface area contributed by atoms with Gasteiger partial charge in [0.25, 0.3) is 0 Å². The van der Waals surface area contributed by atoms with Crippen LogP contribution >= 0.6 is 31.9 Å². The number of fused-ring (bicyclic) bond motifs is 9. The third kappa shape index (κ3) is 11.3. The molecule has 3 heterocycles. The predicted octanol–water partition coefficient (Wildman–Crippen LogP) is 14.9. The Hall–Kier alpha value is -5.84. The van der Waals surface area contributed by atoms with E-state index in [0.717, 1.165) is 8.95 Å². The van der Waals surface area contributed by atoms with Gasteiger partial charge in [-0.2, -0.15) is 0 Å². The Morgan fingerprint density at radius 2 is 0.620 bits per heavy atom. The van der Waals surface area contributed by atoms with Crippen LogP contribution in [0.1, 0.15) is 20.8 Å². The molecule has 0 spiro atoms. The summed E-state index contributed by atoms with van der Waals surface area (Å²) in [6, 6.07) is 85.9. The molecule has 71 heavy (non-hydrogen) atoms. The number of hydrogen-bond donors (Lipinski definition) is 1. The molecule has 0 aliphatic heterocycles. The van der Waals surface area contributed by atoms with Gasteiger partial charge in [-0.3, -0.25) is 0 Å². The van der Waals surface area contributed by atoms with Crippen molar-refractivity contribution in [1.29, 1.82) is 0 Å². The maximum atomic E-state index is 10.1. The molecule has 10 aromatic carbocycles. The normalized spacial score (nSPS) is 11.1. The summed E-state index contributed by atoms with van der Waals surface area (Å²) in [6.45, 7) is 4.90. The summed E-state index contributed by atoms with van der Waals surface area (Å²) < 4.78 is 6.98. The number of hydrogen-bond acceptors (Lipinski definition) is 1. The molecule has 0 aliphatic carbocycles. The fraction of sp³-hybridized carbons (Fsp3) is 0.0625. The molecule has 13 rings (SSSR count). The summed E-state index contributed by atoms with van der Waals surface area (Å²) in [5, 5.41) is 17.8. The maximum Gasteiger partial charge on any atom is 1.00 e. The van der Waals surface area contributed by atoms with Crippen LogP contribution < -0.4 is 56.5 Å². The minimum absolute atomic E-state index is 0. The first-order valence-corrected chi connectivity index (χ1v) is 25.0. The van der Waals surface area contributed by atoms with E-state index in [1.807, 2.05) is 0 Å². The van der Waals surface area contributed by atoms with E-state index in [0.29, 0.717) is 0 Å². The maximum absolute atomic E-state index is 10.1. The van der Waals surface area contributed by atoms with Crippen molar-refractivity contribution < 1.29 is 56.5 Å². The standard InChI is InChI=1S/C36H24N2.C12H8Br2.C12H9N.C4H9O.K/c1-5-19-33-29(15-1)30-16-2-6-20-34(30)37(33)27-13-9-11-25(23-27)26-12-10-14-28(24-26)38-35-21-7-3-17-31(35)32-18-4-8-22-36(32)38;13-11-5-1-9(2-6-11)10-3-7-12(14)8-4-10;1-3-7-11-9(5-1)10-6-2-4-8-12(10)13-11;1-4(2,3)5;/h1-24H;1-8H;1-8,13H;1-3H3;/q;;;-1;+1. The molecule has 0 bridgehead atoms. The molecular formula is C64H50Br2KN3O. The quantitative estimate of drug-likeness (QED) is 0.175. The largest absolute Gasteiger partial charge is 1.00 e. The van der Waals surface area contributed by atoms with Gasteiger partial charge in [0.2, 0.25) is 0 Å². The van der Waals surface area contributed by atoms with Crippen LogP contribution in [0.3, 0.4) is 0 Å². The number of nitrogens with zero attached hydrogens (tertiary/aromatic N) is 2. The van der Waals surface area contributed by atoms with E-state index in [1.165, 1.54) is 99.0 Å². The van der Waals surface area contributed by atoms with E-state index in [9.17, 15) is 5.11 Å². The Kier molecular flexibility index (Phi) is 15.7. The van der Waals surface area contributed by atoms with Gasteiger partial charge in [-0.15, -0.1) is 5.60 Å². The molecule has 0 saturated carbocycles. The van der Waals surface area contributed by atoms with Crippen LogP contribution in [-0.2, 0) is 0 Å². The van der Waals surface area contributed by atoms with Crippen LogP contribution in [0.2, 0.25) is 0 Å². The Morgan fingerprint density at radius 1 is 0.338 bits per heavy atom. The van der Waals surface area contributed by atoms with Gasteiger partial charge < -0.3 is 19.2 Å². The van der Waals surface area contributed by atoms with Crippen LogP contribution in [0.25, 0.3) is 99.0 Å². The van der Waals surface area contributed by atoms with Gasteiger partial charge in [0.1, 0.15) is 0 Å². The Labute approximate surface area is 474 Å². The number of para-hydroxylation sites is 6. The second-order valence-electron chi connectivity index (χ2n) is 18.2. The van der Waals surface area contributed by atoms with Crippen molar-refractivity contribution >= 4 is 97.3 Å². The SMILES string of the molecule is Brc1ccc(-c2ccc(Br)cc2)cc1.CC(C)(C)[O-].[K+].c1cc(-c2cccc(-n3c4ccccc4c4ccccc43)c2)cc(-n2c3ccccc3c3ccccc32)c1.c1ccc2c(c1)[nH]c1ccccc12. The van der Waals surface area contributed by atoms with E-state index >= 15 is 0 Å². The third-order valence-electron chi connectivity index (χ3n) is 12.1. The van der Waals surface area contributed by atoms with Gasteiger partial charge in [0.05, 0.1) is 22.1 Å². The van der Waals surface area contributed by atoms with E-state index in [2.05, 4.69) is 289 Å². The summed E-state index contributed by atoms with van der Waals surface area (Å²) >= 11 is 6.84. The van der Waals surface area contributed by atoms with E-state index < -0.39 is 5.60 Å². The number of rotatable bonds is 4.